The average Bonchev–Trinajstić information content (AvgIpc) is 2.48. The molecule has 0 atom stereocenters. The lowest BCUT2D eigenvalue weighted by atomic mass is 10.1. The lowest BCUT2D eigenvalue weighted by molar-refractivity contribution is 0.102. The maximum Gasteiger partial charge on any atom is 0.256 e. The molecule has 2 rings (SSSR count). The van der Waals surface area contributed by atoms with Crippen molar-refractivity contribution in [2.24, 2.45) is 0 Å². The minimum atomic E-state index is -0.633. The second kappa shape index (κ2) is 6.06. The number of nitrogens with zero attached hydrogens (tertiary/aromatic N) is 1. The molecule has 0 fully saturated rings. The van der Waals surface area contributed by atoms with E-state index in [0.29, 0.717) is 5.56 Å². The average molecular weight is 283 g/mol. The molecule has 2 aromatic carbocycles. The van der Waals surface area contributed by atoms with Crippen LogP contribution in [0.3, 0.4) is 0 Å². The Balaban J connectivity index is 2.24. The monoisotopic (exact) mass is 283 g/mol. The van der Waals surface area contributed by atoms with Crippen LogP contribution < -0.4 is 10.6 Å². The maximum atomic E-state index is 13.8. The third-order valence-electron chi connectivity index (χ3n) is 3.11. The molecular weight excluding hydrogens is 269 g/mol. The number of amides is 1. The number of hydrogen-bond donors (Lipinski definition) is 2. The fourth-order valence-electron chi connectivity index (χ4n) is 1.95. The normalized spacial score (nSPS) is 9.81. The van der Waals surface area contributed by atoms with Gasteiger partial charge in [-0.15, -0.1) is 0 Å². The van der Waals surface area contributed by atoms with Crippen molar-refractivity contribution in [3.63, 3.8) is 0 Å². The SMILES string of the molecule is CNc1ccc(C(=O)Nc2ccc(C#N)cc2F)c(C)c1. The Morgan fingerprint density at radius 2 is 2.00 bits per heavy atom. The molecule has 21 heavy (non-hydrogen) atoms. The molecular formula is C16H14FN3O. The van der Waals surface area contributed by atoms with Crippen molar-refractivity contribution in [1.82, 2.24) is 0 Å². The molecule has 0 aliphatic heterocycles. The van der Waals surface area contributed by atoms with E-state index in [1.54, 1.807) is 19.2 Å². The van der Waals surface area contributed by atoms with E-state index >= 15 is 0 Å². The van der Waals surface area contributed by atoms with E-state index in [2.05, 4.69) is 10.6 Å². The Morgan fingerprint density at radius 1 is 1.24 bits per heavy atom. The number of nitrogens with one attached hydrogen (secondary N) is 2. The summed E-state index contributed by atoms with van der Waals surface area (Å²) >= 11 is 0. The van der Waals surface area contributed by atoms with Gasteiger partial charge < -0.3 is 10.6 Å². The molecule has 4 nitrogen and oxygen atoms in total. The van der Waals surface area contributed by atoms with Crippen molar-refractivity contribution >= 4 is 17.3 Å². The van der Waals surface area contributed by atoms with E-state index in [-0.39, 0.29) is 11.3 Å². The van der Waals surface area contributed by atoms with Gasteiger partial charge in [-0.1, -0.05) is 0 Å². The number of nitriles is 1. The van der Waals surface area contributed by atoms with Crippen LogP contribution in [-0.2, 0) is 0 Å². The highest BCUT2D eigenvalue weighted by molar-refractivity contribution is 6.05. The Kier molecular flexibility index (Phi) is 4.19. The van der Waals surface area contributed by atoms with Gasteiger partial charge in [-0.05, 0) is 48.9 Å². The molecule has 0 radical (unpaired) electrons. The van der Waals surface area contributed by atoms with E-state index in [1.807, 2.05) is 19.1 Å². The molecule has 0 saturated heterocycles. The van der Waals surface area contributed by atoms with E-state index < -0.39 is 11.7 Å². The molecule has 0 bridgehead atoms. The van der Waals surface area contributed by atoms with E-state index in [0.717, 1.165) is 17.3 Å². The molecule has 2 N–H and O–H groups in total. The highest BCUT2D eigenvalue weighted by Crippen LogP contribution is 2.19. The number of anilines is 2. The number of carbonyl (C=O) groups excluding carboxylic acids is 1. The van der Waals surface area contributed by atoms with E-state index in [1.165, 1.54) is 12.1 Å². The highest BCUT2D eigenvalue weighted by Gasteiger charge is 2.12. The second-order valence-electron chi connectivity index (χ2n) is 4.54. The molecule has 0 aromatic heterocycles. The number of halogens is 1. The van der Waals surface area contributed by atoms with Crippen LogP contribution in [0.1, 0.15) is 21.5 Å². The summed E-state index contributed by atoms with van der Waals surface area (Å²) in [5.74, 6) is -1.02. The molecule has 0 heterocycles. The Hall–Kier alpha value is -2.87. The molecule has 0 aliphatic carbocycles. The summed E-state index contributed by atoms with van der Waals surface area (Å²) < 4.78 is 13.8. The Labute approximate surface area is 122 Å². The van der Waals surface area contributed by atoms with Crippen molar-refractivity contribution < 1.29 is 9.18 Å². The standard InChI is InChI=1S/C16H14FN3O/c1-10-7-12(19-2)4-5-13(10)16(21)20-15-6-3-11(9-18)8-14(15)17/h3-8,19H,1-2H3,(H,20,21). The first-order valence-corrected chi connectivity index (χ1v) is 6.34. The summed E-state index contributed by atoms with van der Waals surface area (Å²) in [4.78, 5) is 12.2. The summed E-state index contributed by atoms with van der Waals surface area (Å²) in [6, 6.07) is 11.1. The number of rotatable bonds is 3. The quantitative estimate of drug-likeness (QED) is 0.908. The van der Waals surface area contributed by atoms with Crippen LogP contribution in [0, 0.1) is 24.1 Å². The zero-order valence-electron chi connectivity index (χ0n) is 11.7. The van der Waals surface area contributed by atoms with Crippen molar-refractivity contribution in [3.05, 3.63) is 58.9 Å². The molecule has 1 amide bonds. The van der Waals surface area contributed by atoms with Gasteiger partial charge in [0.2, 0.25) is 0 Å². The fourth-order valence-corrected chi connectivity index (χ4v) is 1.95. The Bertz CT molecular complexity index is 735. The van der Waals surface area contributed by atoms with Crippen molar-refractivity contribution in [2.45, 2.75) is 6.92 Å². The molecule has 0 unspecified atom stereocenters. The predicted molar refractivity (Wildman–Crippen MR) is 79.8 cm³/mol. The van der Waals surface area contributed by atoms with Crippen molar-refractivity contribution in [1.29, 1.82) is 5.26 Å². The van der Waals surface area contributed by atoms with Crippen molar-refractivity contribution in [2.75, 3.05) is 17.7 Å². The van der Waals surface area contributed by atoms with Gasteiger partial charge in [-0.3, -0.25) is 4.79 Å². The van der Waals surface area contributed by atoms with Gasteiger partial charge in [0.15, 0.2) is 0 Å². The number of hydrogen-bond acceptors (Lipinski definition) is 3. The van der Waals surface area contributed by atoms with Crippen molar-refractivity contribution in [3.8, 4) is 6.07 Å². The first-order chi connectivity index (χ1) is 10.0. The summed E-state index contributed by atoms with van der Waals surface area (Å²) in [6.07, 6.45) is 0. The van der Waals surface area contributed by atoms with Crippen LogP contribution in [0.4, 0.5) is 15.8 Å². The lowest BCUT2D eigenvalue weighted by Gasteiger charge is -2.10. The molecule has 0 saturated carbocycles. The summed E-state index contributed by atoms with van der Waals surface area (Å²) in [7, 11) is 1.79. The number of benzene rings is 2. The number of aryl methyl sites for hydroxylation is 1. The minimum Gasteiger partial charge on any atom is -0.388 e. The summed E-state index contributed by atoms with van der Waals surface area (Å²) in [5, 5.41) is 14.2. The van der Waals surface area contributed by atoms with Gasteiger partial charge in [0.25, 0.3) is 5.91 Å². The second-order valence-corrected chi connectivity index (χ2v) is 4.54. The van der Waals surface area contributed by atoms with Gasteiger partial charge in [0.1, 0.15) is 5.82 Å². The van der Waals surface area contributed by atoms with E-state index in [4.69, 9.17) is 5.26 Å². The topological polar surface area (TPSA) is 64.9 Å². The van der Waals surface area contributed by atoms with Gasteiger partial charge in [0, 0.05) is 18.3 Å². The van der Waals surface area contributed by atoms with Crippen LogP contribution in [0.5, 0.6) is 0 Å². The van der Waals surface area contributed by atoms with Crippen LogP contribution in [0.2, 0.25) is 0 Å². The summed E-state index contributed by atoms with van der Waals surface area (Å²) in [5.41, 5.74) is 2.41. The highest BCUT2D eigenvalue weighted by atomic mass is 19.1. The predicted octanol–water partition coefficient (Wildman–Crippen LogP) is 3.30. The Morgan fingerprint density at radius 3 is 2.57 bits per heavy atom. The van der Waals surface area contributed by atoms with Gasteiger partial charge in [0.05, 0.1) is 17.3 Å². The largest absolute Gasteiger partial charge is 0.388 e. The van der Waals surface area contributed by atoms with Crippen LogP contribution in [-0.4, -0.2) is 13.0 Å². The van der Waals surface area contributed by atoms with Crippen LogP contribution >= 0.6 is 0 Å². The van der Waals surface area contributed by atoms with Gasteiger partial charge >= 0.3 is 0 Å². The molecule has 2 aromatic rings. The van der Waals surface area contributed by atoms with Crippen LogP contribution in [0.25, 0.3) is 0 Å². The smallest absolute Gasteiger partial charge is 0.256 e. The fraction of sp³-hybridized carbons (Fsp3) is 0.125. The van der Waals surface area contributed by atoms with E-state index in [9.17, 15) is 9.18 Å². The molecule has 0 aliphatic rings. The molecule has 0 spiro atoms. The lowest BCUT2D eigenvalue weighted by Crippen LogP contribution is -2.14. The number of carbonyl (C=O) groups is 1. The maximum absolute atomic E-state index is 13.8. The first kappa shape index (κ1) is 14.5. The molecule has 106 valence electrons. The van der Waals surface area contributed by atoms with Gasteiger partial charge in [-0.2, -0.15) is 5.26 Å². The minimum absolute atomic E-state index is 0.0519. The summed E-state index contributed by atoms with van der Waals surface area (Å²) in [6.45, 7) is 1.81. The zero-order chi connectivity index (χ0) is 15.4. The zero-order valence-corrected chi connectivity index (χ0v) is 11.7. The third-order valence-corrected chi connectivity index (χ3v) is 3.11. The van der Waals surface area contributed by atoms with Gasteiger partial charge in [-0.25, -0.2) is 4.39 Å². The third kappa shape index (κ3) is 3.18. The molecule has 5 heteroatoms. The first-order valence-electron chi connectivity index (χ1n) is 6.34. The van der Waals surface area contributed by atoms with Crippen LogP contribution in [0.15, 0.2) is 36.4 Å².